The van der Waals surface area contributed by atoms with E-state index >= 15 is 0 Å². The van der Waals surface area contributed by atoms with Gasteiger partial charge in [0.1, 0.15) is 5.60 Å². The molecule has 0 saturated carbocycles. The van der Waals surface area contributed by atoms with Crippen LogP contribution in [0.3, 0.4) is 0 Å². The lowest BCUT2D eigenvalue weighted by atomic mass is 9.98. The molecule has 1 aliphatic heterocycles. The van der Waals surface area contributed by atoms with Crippen LogP contribution in [0.1, 0.15) is 46.1 Å². The largest absolute Gasteiger partial charge is 0.444 e. The fourth-order valence-electron chi connectivity index (χ4n) is 2.59. The molecule has 1 aromatic heterocycles. The molecular weight excluding hydrogens is 410 g/mol. The van der Waals surface area contributed by atoms with Crippen LogP contribution < -0.4 is 5.32 Å². The molecule has 25 heavy (non-hydrogen) atoms. The highest BCUT2D eigenvalue weighted by Crippen LogP contribution is 2.20. The van der Waals surface area contributed by atoms with Gasteiger partial charge in [-0.15, -0.1) is 49.6 Å². The predicted octanol–water partition coefficient (Wildman–Crippen LogP) is 3.97. The smallest absolute Gasteiger partial charge is 0.410 e. The first-order chi connectivity index (χ1) is 9.85. The van der Waals surface area contributed by atoms with Gasteiger partial charge in [-0.05, 0) is 40.5 Å². The monoisotopic (exact) mass is 438 g/mol. The summed E-state index contributed by atoms with van der Waals surface area (Å²) in [6.07, 6.45) is 5.40. The Kier molecular flexibility index (Phi) is 15.1. The molecule has 2 rings (SSSR count). The van der Waals surface area contributed by atoms with Crippen molar-refractivity contribution in [2.24, 2.45) is 0 Å². The molecule has 0 aliphatic carbocycles. The average Bonchev–Trinajstić information content (AvgIpc) is 2.87. The molecule has 1 saturated heterocycles. The van der Waals surface area contributed by atoms with Crippen LogP contribution in [-0.4, -0.2) is 45.4 Å². The van der Waals surface area contributed by atoms with E-state index in [-0.39, 0.29) is 61.8 Å². The average molecular weight is 440 g/mol. The van der Waals surface area contributed by atoms with Crippen LogP contribution in [-0.2, 0) is 11.3 Å². The number of H-pyrrole nitrogens is 1. The van der Waals surface area contributed by atoms with Gasteiger partial charge < -0.3 is 15.0 Å². The summed E-state index contributed by atoms with van der Waals surface area (Å²) in [5, 5.41) is 10.3. The number of nitrogens with one attached hydrogen (secondary N) is 2. The summed E-state index contributed by atoms with van der Waals surface area (Å²) >= 11 is 0. The first-order valence-electron chi connectivity index (χ1n) is 7.56. The van der Waals surface area contributed by atoms with Crippen molar-refractivity contribution in [3.05, 3.63) is 18.0 Å². The van der Waals surface area contributed by atoms with Crippen molar-refractivity contribution in [1.29, 1.82) is 0 Å². The molecule has 6 nitrogen and oxygen atoms in total. The van der Waals surface area contributed by atoms with Gasteiger partial charge in [-0.25, -0.2) is 4.79 Å². The number of rotatable bonds is 3. The predicted molar refractivity (Wildman–Crippen MR) is 110 cm³/mol. The van der Waals surface area contributed by atoms with Gasteiger partial charge >= 0.3 is 6.09 Å². The number of nitrogens with zero attached hydrogens (tertiary/aromatic N) is 2. The second kappa shape index (κ2) is 12.9. The number of aromatic nitrogens is 2. The van der Waals surface area contributed by atoms with Crippen LogP contribution in [0.5, 0.6) is 0 Å². The number of amides is 1. The van der Waals surface area contributed by atoms with E-state index in [9.17, 15) is 4.79 Å². The molecule has 2 unspecified atom stereocenters. The van der Waals surface area contributed by atoms with Crippen LogP contribution in [0, 0.1) is 0 Å². The summed E-state index contributed by atoms with van der Waals surface area (Å²) < 4.78 is 5.46. The third-order valence-corrected chi connectivity index (χ3v) is 3.65. The summed E-state index contributed by atoms with van der Waals surface area (Å²) in [5.74, 6) is 0. The summed E-state index contributed by atoms with van der Waals surface area (Å²) in [7, 11) is 0. The molecule has 150 valence electrons. The topological polar surface area (TPSA) is 70.2 Å². The van der Waals surface area contributed by atoms with Gasteiger partial charge in [-0.2, -0.15) is 5.10 Å². The second-order valence-electron chi connectivity index (χ2n) is 6.73. The number of aromatic amines is 1. The number of ether oxygens (including phenoxy) is 1. The quantitative estimate of drug-likeness (QED) is 0.747. The van der Waals surface area contributed by atoms with Gasteiger partial charge in [0, 0.05) is 36.9 Å². The fraction of sp³-hybridized carbons (Fsp3) is 0.733. The number of carbonyl (C=O) groups excluding carboxylic acids is 1. The van der Waals surface area contributed by atoms with E-state index in [1.807, 2.05) is 38.1 Å². The van der Waals surface area contributed by atoms with E-state index in [2.05, 4.69) is 22.4 Å². The third kappa shape index (κ3) is 9.75. The molecule has 2 heterocycles. The van der Waals surface area contributed by atoms with E-state index in [1.165, 1.54) is 0 Å². The molecule has 0 radical (unpaired) electrons. The van der Waals surface area contributed by atoms with E-state index in [0.717, 1.165) is 31.5 Å². The molecule has 1 aromatic rings. The Bertz CT molecular complexity index is 469. The van der Waals surface area contributed by atoms with Gasteiger partial charge in [0.25, 0.3) is 0 Å². The number of halogens is 4. The Hall–Kier alpha value is -0.400. The van der Waals surface area contributed by atoms with Gasteiger partial charge in [0.15, 0.2) is 0 Å². The maximum atomic E-state index is 12.1. The Morgan fingerprint density at radius 1 is 1.36 bits per heavy atom. The molecule has 1 fully saturated rings. The SMILES string of the molecule is CC1CC(NCc2cn[nH]c2)CCN1C(=O)OC(C)(C)C.Cl.Cl.Cl.Cl. The van der Waals surface area contributed by atoms with E-state index in [0.29, 0.717) is 6.04 Å². The molecule has 2 N–H and O–H groups in total. The van der Waals surface area contributed by atoms with E-state index in [4.69, 9.17) is 4.74 Å². The number of hydrogen-bond donors (Lipinski definition) is 2. The zero-order valence-corrected chi connectivity index (χ0v) is 18.2. The Morgan fingerprint density at radius 3 is 2.48 bits per heavy atom. The first kappa shape index (κ1) is 29.4. The minimum Gasteiger partial charge on any atom is -0.444 e. The Morgan fingerprint density at radius 2 is 2.00 bits per heavy atom. The van der Waals surface area contributed by atoms with E-state index in [1.54, 1.807) is 0 Å². The summed E-state index contributed by atoms with van der Waals surface area (Å²) in [6, 6.07) is 0.615. The maximum absolute atomic E-state index is 12.1. The molecule has 1 aliphatic rings. The normalized spacial score (nSPS) is 19.4. The minimum absolute atomic E-state index is 0. The molecule has 0 spiro atoms. The van der Waals surface area contributed by atoms with Crippen molar-refractivity contribution in [3.63, 3.8) is 0 Å². The molecule has 10 heteroatoms. The van der Waals surface area contributed by atoms with Crippen LogP contribution >= 0.6 is 49.6 Å². The first-order valence-corrected chi connectivity index (χ1v) is 7.56. The van der Waals surface area contributed by atoms with Crippen LogP contribution in [0.25, 0.3) is 0 Å². The number of likely N-dealkylation sites (tertiary alicyclic amines) is 1. The van der Waals surface area contributed by atoms with Crippen molar-refractivity contribution < 1.29 is 9.53 Å². The van der Waals surface area contributed by atoms with Gasteiger partial charge in [-0.3, -0.25) is 5.10 Å². The van der Waals surface area contributed by atoms with Gasteiger partial charge in [0.2, 0.25) is 0 Å². The standard InChI is InChI=1S/C15H26N4O2.4ClH/c1-11-7-13(16-8-12-9-17-18-10-12)5-6-19(11)14(20)21-15(2,3)4;;;;/h9-11,13,16H,5-8H2,1-4H3,(H,17,18);4*1H. The van der Waals surface area contributed by atoms with Crippen molar-refractivity contribution in [2.75, 3.05) is 6.54 Å². The fourth-order valence-corrected chi connectivity index (χ4v) is 2.59. The van der Waals surface area contributed by atoms with Crippen molar-refractivity contribution in [1.82, 2.24) is 20.4 Å². The molecule has 1 amide bonds. The van der Waals surface area contributed by atoms with Crippen molar-refractivity contribution in [3.8, 4) is 0 Å². The Balaban J connectivity index is -0.00000121. The van der Waals surface area contributed by atoms with Crippen molar-refractivity contribution >= 4 is 55.7 Å². The molecular formula is C15H30Cl4N4O2. The van der Waals surface area contributed by atoms with Crippen LogP contribution in [0.4, 0.5) is 4.79 Å². The zero-order valence-electron chi connectivity index (χ0n) is 15.0. The lowest BCUT2D eigenvalue weighted by molar-refractivity contribution is 0.00932. The third-order valence-electron chi connectivity index (χ3n) is 3.65. The van der Waals surface area contributed by atoms with Crippen molar-refractivity contribution in [2.45, 2.75) is 64.8 Å². The molecule has 0 bridgehead atoms. The highest BCUT2D eigenvalue weighted by molar-refractivity contribution is 5.86. The number of piperidine rings is 1. The molecule has 0 aromatic carbocycles. The summed E-state index contributed by atoms with van der Waals surface area (Å²) in [5.41, 5.74) is 0.713. The lowest BCUT2D eigenvalue weighted by Gasteiger charge is -2.38. The van der Waals surface area contributed by atoms with Crippen LogP contribution in [0.2, 0.25) is 0 Å². The highest BCUT2D eigenvalue weighted by Gasteiger charge is 2.31. The molecule has 2 atom stereocenters. The summed E-state index contributed by atoms with van der Waals surface area (Å²) in [6.45, 7) is 9.31. The lowest BCUT2D eigenvalue weighted by Crippen LogP contribution is -2.50. The second-order valence-corrected chi connectivity index (χ2v) is 6.73. The van der Waals surface area contributed by atoms with Crippen LogP contribution in [0.15, 0.2) is 12.4 Å². The minimum atomic E-state index is -0.437. The van der Waals surface area contributed by atoms with E-state index < -0.39 is 5.60 Å². The summed E-state index contributed by atoms with van der Waals surface area (Å²) in [4.78, 5) is 14.0. The van der Waals surface area contributed by atoms with Gasteiger partial charge in [0.05, 0.1) is 6.20 Å². The highest BCUT2D eigenvalue weighted by atomic mass is 35.5. The van der Waals surface area contributed by atoms with Gasteiger partial charge in [-0.1, -0.05) is 0 Å². The Labute approximate surface area is 174 Å². The number of carbonyl (C=O) groups is 1. The zero-order chi connectivity index (χ0) is 15.5. The maximum Gasteiger partial charge on any atom is 0.410 e. The number of hydrogen-bond acceptors (Lipinski definition) is 4.